The van der Waals surface area contributed by atoms with E-state index in [4.69, 9.17) is 11.1 Å². The van der Waals surface area contributed by atoms with E-state index in [9.17, 15) is 8.42 Å². The number of hydrogen-bond donors (Lipinski definition) is 3. The van der Waals surface area contributed by atoms with Gasteiger partial charge < -0.3 is 5.73 Å². The Morgan fingerprint density at radius 1 is 1.31 bits per heavy atom. The van der Waals surface area contributed by atoms with Crippen molar-refractivity contribution in [1.29, 1.82) is 5.41 Å². The molecule has 1 fully saturated rings. The second-order valence-electron chi connectivity index (χ2n) is 4.75. The van der Waals surface area contributed by atoms with Gasteiger partial charge in [0.05, 0.1) is 10.8 Å². The average Bonchev–Trinajstić information content (AvgIpc) is 2.18. The van der Waals surface area contributed by atoms with Gasteiger partial charge in [-0.2, -0.15) is 0 Å². The maximum Gasteiger partial charge on any atom is 0.214 e. The fourth-order valence-corrected chi connectivity index (χ4v) is 3.07. The summed E-state index contributed by atoms with van der Waals surface area (Å²) in [4.78, 5) is 0. The molecule has 5 nitrogen and oxygen atoms in total. The molecule has 0 aromatic heterocycles. The predicted octanol–water partition coefficient (Wildman–Crippen LogP) is 0.953. The average molecular weight is 247 g/mol. The van der Waals surface area contributed by atoms with Gasteiger partial charge in [0.2, 0.25) is 10.0 Å². The van der Waals surface area contributed by atoms with Crippen molar-refractivity contribution in [2.45, 2.75) is 56.7 Å². The molecular formula is C10H21N3O2S. The number of nitrogens with two attached hydrogens (primary N) is 1. The van der Waals surface area contributed by atoms with Crippen molar-refractivity contribution in [3.05, 3.63) is 0 Å². The Morgan fingerprint density at radius 3 is 2.19 bits per heavy atom. The fraction of sp³-hybridized carbons (Fsp3) is 0.900. The Kier molecular flexibility index (Phi) is 3.96. The summed E-state index contributed by atoms with van der Waals surface area (Å²) in [7, 11) is -3.37. The summed E-state index contributed by atoms with van der Waals surface area (Å²) in [5.74, 6) is -0.0589. The maximum atomic E-state index is 11.8. The van der Waals surface area contributed by atoms with Gasteiger partial charge in [0.15, 0.2) is 0 Å². The Labute approximate surface area is 97.4 Å². The van der Waals surface area contributed by atoms with Crippen LogP contribution in [-0.4, -0.2) is 25.0 Å². The third-order valence-electron chi connectivity index (χ3n) is 3.18. The summed E-state index contributed by atoms with van der Waals surface area (Å²) in [5.41, 5.74) is 4.73. The van der Waals surface area contributed by atoms with Gasteiger partial charge in [-0.05, 0) is 26.7 Å². The van der Waals surface area contributed by atoms with Crippen molar-refractivity contribution in [3.8, 4) is 0 Å². The molecule has 0 radical (unpaired) electrons. The molecule has 6 heteroatoms. The Morgan fingerprint density at radius 2 is 1.81 bits per heavy atom. The van der Waals surface area contributed by atoms with Crippen molar-refractivity contribution in [3.63, 3.8) is 0 Å². The van der Waals surface area contributed by atoms with Gasteiger partial charge in [0, 0.05) is 0 Å². The van der Waals surface area contributed by atoms with Gasteiger partial charge in [-0.25, -0.2) is 13.1 Å². The van der Waals surface area contributed by atoms with Crippen LogP contribution in [0.4, 0.5) is 0 Å². The predicted molar refractivity (Wildman–Crippen MR) is 64.9 cm³/mol. The van der Waals surface area contributed by atoms with Crippen LogP contribution in [0.5, 0.6) is 0 Å². The van der Waals surface area contributed by atoms with E-state index in [1.807, 2.05) is 0 Å². The molecule has 0 bridgehead atoms. The van der Waals surface area contributed by atoms with Crippen molar-refractivity contribution >= 4 is 15.9 Å². The molecule has 0 unspecified atom stereocenters. The molecule has 1 aliphatic carbocycles. The molecular weight excluding hydrogens is 226 g/mol. The summed E-state index contributed by atoms with van der Waals surface area (Å²) >= 11 is 0. The molecule has 0 aliphatic heterocycles. The molecule has 1 saturated carbocycles. The molecule has 0 atom stereocenters. The van der Waals surface area contributed by atoms with Gasteiger partial charge in [0.1, 0.15) is 5.84 Å². The van der Waals surface area contributed by atoms with Crippen LogP contribution in [0.15, 0.2) is 0 Å². The minimum Gasteiger partial charge on any atom is -0.386 e. The van der Waals surface area contributed by atoms with Gasteiger partial charge >= 0.3 is 0 Å². The van der Waals surface area contributed by atoms with Gasteiger partial charge in [-0.3, -0.25) is 5.41 Å². The molecule has 0 spiro atoms. The minimum absolute atomic E-state index is 0.0589. The largest absolute Gasteiger partial charge is 0.386 e. The smallest absolute Gasteiger partial charge is 0.214 e. The van der Waals surface area contributed by atoms with E-state index in [2.05, 4.69) is 4.72 Å². The molecule has 1 rings (SSSR count). The summed E-state index contributed by atoms with van der Waals surface area (Å²) in [6.45, 7) is 3.25. The molecule has 16 heavy (non-hydrogen) atoms. The molecule has 0 saturated heterocycles. The highest BCUT2D eigenvalue weighted by Crippen LogP contribution is 2.29. The fourth-order valence-electron chi connectivity index (χ4n) is 1.97. The van der Waals surface area contributed by atoms with Crippen LogP contribution in [-0.2, 0) is 10.0 Å². The summed E-state index contributed by atoms with van der Waals surface area (Å²) in [5, 5.41) is 7.11. The third-order valence-corrected chi connectivity index (χ3v) is 5.10. The zero-order valence-corrected chi connectivity index (χ0v) is 10.7. The normalized spacial score (nSPS) is 20.9. The van der Waals surface area contributed by atoms with Crippen molar-refractivity contribution < 1.29 is 8.42 Å². The third kappa shape index (κ3) is 2.74. The standard InChI is InChI=1S/C10H21N3O2S/c1-8(2)16(14,15)13-10(9(11)12)6-4-3-5-7-10/h8,13H,3-7H2,1-2H3,(H3,11,12). The van der Waals surface area contributed by atoms with Crippen LogP contribution in [0.3, 0.4) is 0 Å². The summed E-state index contributed by atoms with van der Waals surface area (Å²) < 4.78 is 26.3. The number of hydrogen-bond acceptors (Lipinski definition) is 3. The zero-order valence-electron chi connectivity index (χ0n) is 9.91. The van der Waals surface area contributed by atoms with E-state index in [1.165, 1.54) is 0 Å². The molecule has 94 valence electrons. The number of rotatable bonds is 4. The number of nitrogens with one attached hydrogen (secondary N) is 2. The van der Waals surface area contributed by atoms with E-state index >= 15 is 0 Å². The lowest BCUT2D eigenvalue weighted by molar-refractivity contribution is 0.347. The Hall–Kier alpha value is -0.620. The van der Waals surface area contributed by atoms with Crippen LogP contribution in [0.1, 0.15) is 46.0 Å². The monoisotopic (exact) mass is 247 g/mol. The van der Waals surface area contributed by atoms with Crippen LogP contribution in [0.2, 0.25) is 0 Å². The zero-order chi connectivity index (χ0) is 12.4. The minimum atomic E-state index is -3.37. The Bertz CT molecular complexity index is 356. The quantitative estimate of drug-likeness (QED) is 0.510. The van der Waals surface area contributed by atoms with E-state index in [-0.39, 0.29) is 5.84 Å². The van der Waals surface area contributed by atoms with E-state index in [0.29, 0.717) is 12.8 Å². The van der Waals surface area contributed by atoms with Crippen molar-refractivity contribution in [2.75, 3.05) is 0 Å². The van der Waals surface area contributed by atoms with Crippen molar-refractivity contribution in [1.82, 2.24) is 4.72 Å². The maximum absolute atomic E-state index is 11.8. The van der Waals surface area contributed by atoms with E-state index in [0.717, 1.165) is 19.3 Å². The molecule has 4 N–H and O–H groups in total. The highest BCUT2D eigenvalue weighted by atomic mass is 32.2. The first kappa shape index (κ1) is 13.4. The lowest BCUT2D eigenvalue weighted by Crippen LogP contribution is -2.59. The first-order valence-corrected chi connectivity index (χ1v) is 7.22. The molecule has 1 aliphatic rings. The van der Waals surface area contributed by atoms with Crippen LogP contribution < -0.4 is 10.5 Å². The second kappa shape index (κ2) is 4.71. The number of amidine groups is 1. The topological polar surface area (TPSA) is 96.0 Å². The van der Waals surface area contributed by atoms with Crippen LogP contribution in [0.25, 0.3) is 0 Å². The lowest BCUT2D eigenvalue weighted by Gasteiger charge is -2.37. The van der Waals surface area contributed by atoms with Gasteiger partial charge in [-0.15, -0.1) is 0 Å². The Balaban J connectivity index is 2.92. The first-order chi connectivity index (χ1) is 7.30. The van der Waals surface area contributed by atoms with Crippen molar-refractivity contribution in [2.24, 2.45) is 5.73 Å². The second-order valence-corrected chi connectivity index (χ2v) is 6.99. The van der Waals surface area contributed by atoms with Crippen LogP contribution in [0, 0.1) is 5.41 Å². The van der Waals surface area contributed by atoms with E-state index < -0.39 is 20.8 Å². The van der Waals surface area contributed by atoms with E-state index in [1.54, 1.807) is 13.8 Å². The summed E-state index contributed by atoms with van der Waals surface area (Å²) in [6.07, 6.45) is 4.18. The molecule has 0 aromatic rings. The lowest BCUT2D eigenvalue weighted by atomic mass is 9.82. The molecule has 0 heterocycles. The highest BCUT2D eigenvalue weighted by Gasteiger charge is 2.39. The summed E-state index contributed by atoms with van der Waals surface area (Å²) in [6, 6.07) is 0. The highest BCUT2D eigenvalue weighted by molar-refractivity contribution is 7.90. The van der Waals surface area contributed by atoms with Gasteiger partial charge in [0.25, 0.3) is 0 Å². The van der Waals surface area contributed by atoms with Crippen LogP contribution >= 0.6 is 0 Å². The molecule has 0 amide bonds. The molecule has 0 aromatic carbocycles. The van der Waals surface area contributed by atoms with Gasteiger partial charge in [-0.1, -0.05) is 19.3 Å². The number of sulfonamides is 1. The SMILES string of the molecule is CC(C)S(=O)(=O)NC1(C(=N)N)CCCCC1. The first-order valence-electron chi connectivity index (χ1n) is 5.67.